The van der Waals surface area contributed by atoms with Crippen molar-refractivity contribution in [3.8, 4) is 0 Å². The zero-order valence-corrected chi connectivity index (χ0v) is 14.7. The first-order valence-corrected chi connectivity index (χ1v) is 9.24. The third-order valence-corrected chi connectivity index (χ3v) is 4.89. The van der Waals surface area contributed by atoms with E-state index in [2.05, 4.69) is 32.0 Å². The molecule has 0 radical (unpaired) electrons. The van der Waals surface area contributed by atoms with Gasteiger partial charge in [-0.2, -0.15) is 13.2 Å². The highest BCUT2D eigenvalue weighted by molar-refractivity contribution is 7.10. The molecule has 4 nitrogen and oxygen atoms in total. The standard InChI is InChI=1S/C16H25F3N4S/c1-2-20-15(21-8-7-16(17,18)19)22-12-13(14-6-5-11-24-14)23-9-3-4-10-23/h5-6,11,13H,2-4,7-10,12H2,1H3,(H2,20,21,22). The van der Waals surface area contributed by atoms with Crippen molar-refractivity contribution in [3.05, 3.63) is 22.4 Å². The molecule has 1 atom stereocenters. The Bertz CT molecular complexity index is 496. The Kier molecular flexibility index (Phi) is 7.36. The summed E-state index contributed by atoms with van der Waals surface area (Å²) in [4.78, 5) is 8.19. The van der Waals surface area contributed by atoms with Gasteiger partial charge < -0.3 is 10.6 Å². The van der Waals surface area contributed by atoms with Crippen LogP contribution in [0.5, 0.6) is 0 Å². The fourth-order valence-electron chi connectivity index (χ4n) is 2.76. The van der Waals surface area contributed by atoms with Gasteiger partial charge in [0, 0.05) is 18.0 Å². The van der Waals surface area contributed by atoms with Gasteiger partial charge in [-0.05, 0) is 44.3 Å². The van der Waals surface area contributed by atoms with E-state index in [1.165, 1.54) is 17.7 Å². The lowest BCUT2D eigenvalue weighted by molar-refractivity contribution is -0.132. The number of nitrogens with zero attached hydrogens (tertiary/aromatic N) is 2. The molecule has 0 aliphatic carbocycles. The first-order valence-electron chi connectivity index (χ1n) is 8.36. The Morgan fingerprint density at radius 1 is 1.33 bits per heavy atom. The Labute approximate surface area is 145 Å². The highest BCUT2D eigenvalue weighted by Gasteiger charge is 2.27. The van der Waals surface area contributed by atoms with Crippen LogP contribution in [0.4, 0.5) is 13.2 Å². The van der Waals surface area contributed by atoms with E-state index >= 15 is 0 Å². The number of likely N-dealkylation sites (tertiary alicyclic amines) is 1. The number of hydrogen-bond donors (Lipinski definition) is 2. The van der Waals surface area contributed by atoms with Crippen LogP contribution in [-0.2, 0) is 0 Å². The van der Waals surface area contributed by atoms with Crippen LogP contribution in [0, 0.1) is 0 Å². The average Bonchev–Trinajstić information content (AvgIpc) is 3.20. The molecule has 0 bridgehead atoms. The summed E-state index contributed by atoms with van der Waals surface area (Å²) in [6.45, 7) is 5.00. The molecule has 0 spiro atoms. The number of rotatable bonds is 7. The second kappa shape index (κ2) is 9.27. The van der Waals surface area contributed by atoms with Gasteiger partial charge in [0.05, 0.1) is 19.0 Å². The van der Waals surface area contributed by atoms with Crippen molar-refractivity contribution in [1.29, 1.82) is 0 Å². The average molecular weight is 362 g/mol. The topological polar surface area (TPSA) is 39.7 Å². The predicted octanol–water partition coefficient (Wildman–Crippen LogP) is 3.39. The van der Waals surface area contributed by atoms with Gasteiger partial charge in [0.15, 0.2) is 5.96 Å². The fourth-order valence-corrected chi connectivity index (χ4v) is 3.61. The zero-order valence-electron chi connectivity index (χ0n) is 13.9. The maximum Gasteiger partial charge on any atom is 0.390 e. The monoisotopic (exact) mass is 362 g/mol. The van der Waals surface area contributed by atoms with Crippen LogP contribution in [0.2, 0.25) is 0 Å². The second-order valence-corrected chi connectivity index (χ2v) is 6.77. The summed E-state index contributed by atoms with van der Waals surface area (Å²) >= 11 is 1.70. The molecule has 1 aromatic heterocycles. The molecule has 2 N–H and O–H groups in total. The smallest absolute Gasteiger partial charge is 0.357 e. The van der Waals surface area contributed by atoms with Crippen molar-refractivity contribution < 1.29 is 13.2 Å². The van der Waals surface area contributed by atoms with Crippen LogP contribution in [0.15, 0.2) is 22.5 Å². The van der Waals surface area contributed by atoms with Gasteiger partial charge >= 0.3 is 6.18 Å². The number of aliphatic imine (C=N–C) groups is 1. The Balaban J connectivity index is 1.97. The van der Waals surface area contributed by atoms with E-state index in [4.69, 9.17) is 0 Å². The lowest BCUT2D eigenvalue weighted by Gasteiger charge is -2.25. The predicted molar refractivity (Wildman–Crippen MR) is 92.5 cm³/mol. The second-order valence-electron chi connectivity index (χ2n) is 5.79. The number of nitrogens with one attached hydrogen (secondary N) is 2. The normalized spacial score (nSPS) is 17.9. The number of thiophene rings is 1. The summed E-state index contributed by atoms with van der Waals surface area (Å²) in [6.07, 6.45) is -2.64. The molecule has 2 heterocycles. The SMILES string of the molecule is CCNC(=NCC(c1cccs1)N1CCCC1)NCCC(F)(F)F. The van der Waals surface area contributed by atoms with Gasteiger partial charge in [0.1, 0.15) is 0 Å². The van der Waals surface area contributed by atoms with Crippen LogP contribution >= 0.6 is 11.3 Å². The maximum atomic E-state index is 12.3. The highest BCUT2D eigenvalue weighted by Crippen LogP contribution is 2.28. The van der Waals surface area contributed by atoms with Gasteiger partial charge in [0.2, 0.25) is 0 Å². The summed E-state index contributed by atoms with van der Waals surface area (Å²) in [5.41, 5.74) is 0. The van der Waals surface area contributed by atoms with Gasteiger partial charge in [-0.25, -0.2) is 0 Å². The molecule has 1 saturated heterocycles. The molecular weight excluding hydrogens is 337 g/mol. The molecule has 1 aromatic rings. The molecule has 0 aromatic carbocycles. The van der Waals surface area contributed by atoms with E-state index < -0.39 is 12.6 Å². The van der Waals surface area contributed by atoms with E-state index in [1.807, 2.05) is 13.0 Å². The number of halogens is 3. The molecule has 1 aliphatic heterocycles. The molecule has 1 fully saturated rings. The van der Waals surface area contributed by atoms with Gasteiger partial charge in [0.25, 0.3) is 0 Å². The number of hydrogen-bond acceptors (Lipinski definition) is 3. The molecule has 0 saturated carbocycles. The molecule has 2 rings (SSSR count). The Morgan fingerprint density at radius 2 is 2.08 bits per heavy atom. The molecule has 8 heteroatoms. The van der Waals surface area contributed by atoms with Crippen molar-refractivity contribution in [3.63, 3.8) is 0 Å². The molecule has 136 valence electrons. The molecule has 1 aliphatic rings. The van der Waals surface area contributed by atoms with E-state index in [0.29, 0.717) is 19.0 Å². The van der Waals surface area contributed by atoms with Crippen LogP contribution in [0.25, 0.3) is 0 Å². The summed E-state index contributed by atoms with van der Waals surface area (Å²) < 4.78 is 36.9. The number of guanidine groups is 1. The first-order chi connectivity index (χ1) is 11.5. The minimum atomic E-state index is -4.15. The Morgan fingerprint density at radius 3 is 2.67 bits per heavy atom. The van der Waals surface area contributed by atoms with Gasteiger partial charge in [-0.15, -0.1) is 11.3 Å². The van der Waals surface area contributed by atoms with Crippen LogP contribution < -0.4 is 10.6 Å². The molecule has 24 heavy (non-hydrogen) atoms. The van der Waals surface area contributed by atoms with Gasteiger partial charge in [-0.3, -0.25) is 9.89 Å². The van der Waals surface area contributed by atoms with Crippen molar-refractivity contribution in [2.75, 3.05) is 32.7 Å². The van der Waals surface area contributed by atoms with E-state index in [-0.39, 0.29) is 12.6 Å². The maximum absolute atomic E-state index is 12.3. The lowest BCUT2D eigenvalue weighted by Crippen LogP contribution is -2.39. The highest BCUT2D eigenvalue weighted by atomic mass is 32.1. The van der Waals surface area contributed by atoms with Crippen molar-refractivity contribution in [1.82, 2.24) is 15.5 Å². The molecule has 0 amide bonds. The van der Waals surface area contributed by atoms with Crippen LogP contribution in [0.1, 0.15) is 37.1 Å². The van der Waals surface area contributed by atoms with Gasteiger partial charge in [-0.1, -0.05) is 6.07 Å². The summed E-state index contributed by atoms with van der Waals surface area (Å²) in [5, 5.41) is 7.84. The lowest BCUT2D eigenvalue weighted by atomic mass is 10.2. The van der Waals surface area contributed by atoms with Crippen molar-refractivity contribution in [2.24, 2.45) is 4.99 Å². The third kappa shape index (κ3) is 6.32. The fraction of sp³-hybridized carbons (Fsp3) is 0.688. The largest absolute Gasteiger partial charge is 0.390 e. The van der Waals surface area contributed by atoms with Crippen molar-refractivity contribution in [2.45, 2.75) is 38.4 Å². The summed E-state index contributed by atoms with van der Waals surface area (Å²) in [7, 11) is 0. The van der Waals surface area contributed by atoms with E-state index in [1.54, 1.807) is 11.3 Å². The quantitative estimate of drug-likeness (QED) is 0.577. The minimum Gasteiger partial charge on any atom is -0.357 e. The van der Waals surface area contributed by atoms with Crippen LogP contribution in [0.3, 0.4) is 0 Å². The summed E-state index contributed by atoms with van der Waals surface area (Å²) in [5.74, 6) is 0.447. The Hall–Kier alpha value is -1.28. The number of alkyl halides is 3. The first kappa shape index (κ1) is 19.1. The third-order valence-electron chi connectivity index (χ3n) is 3.92. The van der Waals surface area contributed by atoms with Crippen LogP contribution in [-0.4, -0.2) is 49.8 Å². The van der Waals surface area contributed by atoms with E-state index in [0.717, 1.165) is 13.1 Å². The molecular formula is C16H25F3N4S. The minimum absolute atomic E-state index is 0.164. The molecule has 1 unspecified atom stereocenters. The van der Waals surface area contributed by atoms with E-state index in [9.17, 15) is 13.2 Å². The summed E-state index contributed by atoms with van der Waals surface area (Å²) in [6, 6.07) is 4.33. The zero-order chi connectivity index (χ0) is 17.4. The van der Waals surface area contributed by atoms with Crippen molar-refractivity contribution >= 4 is 17.3 Å².